The van der Waals surface area contributed by atoms with E-state index in [0.29, 0.717) is 0 Å². The minimum atomic E-state index is -2.58. The highest BCUT2D eigenvalue weighted by Gasteiger charge is 2.18. The highest BCUT2D eigenvalue weighted by Crippen LogP contribution is 2.27. The molecule has 2 atom stereocenters. The van der Waals surface area contributed by atoms with E-state index in [1.54, 1.807) is 6.92 Å². The van der Waals surface area contributed by atoms with Gasteiger partial charge < -0.3 is 4.89 Å². The maximum absolute atomic E-state index is 11.2. The minimum Gasteiger partial charge on any atom is -0.345 e. The molecule has 0 aliphatic carbocycles. The van der Waals surface area contributed by atoms with Gasteiger partial charge in [0.15, 0.2) is 0 Å². The molecule has 0 heterocycles. The number of benzene rings is 2. The Morgan fingerprint density at radius 2 is 1.37 bits per heavy atom. The summed E-state index contributed by atoms with van der Waals surface area (Å²) in [6, 6.07) is 19.8. The Kier molecular flexibility index (Phi) is 4.92. The fourth-order valence-electron chi connectivity index (χ4n) is 2.00. The Hall–Kier alpha value is -1.41. The number of nitrogens with one attached hydrogen (secondary N) is 1. The van der Waals surface area contributed by atoms with Gasteiger partial charge in [-0.05, 0) is 18.1 Å². The van der Waals surface area contributed by atoms with Crippen molar-refractivity contribution in [2.24, 2.45) is 0 Å². The van der Waals surface area contributed by atoms with E-state index in [1.165, 1.54) is 0 Å². The van der Waals surface area contributed by atoms with Gasteiger partial charge in [0.1, 0.15) is 0 Å². The van der Waals surface area contributed by atoms with Gasteiger partial charge in [0.25, 0.3) is 0 Å². The van der Waals surface area contributed by atoms with Crippen LogP contribution in [-0.2, 0) is 4.57 Å². The first-order chi connectivity index (χ1) is 9.18. The van der Waals surface area contributed by atoms with Crippen LogP contribution in [0.4, 0.5) is 0 Å². The second kappa shape index (κ2) is 6.67. The summed E-state index contributed by atoms with van der Waals surface area (Å²) in [7, 11) is -2.58. The van der Waals surface area contributed by atoms with Crippen molar-refractivity contribution in [3.63, 3.8) is 0 Å². The third kappa shape index (κ3) is 3.77. The van der Waals surface area contributed by atoms with Crippen LogP contribution < -0.4 is 5.32 Å². The standard InChI is InChI=1S/C15H18NO2P/c1-12(19(17)18)16-15(13-8-4-2-5-9-13)14-10-6-3-7-11-14/h2-12,15-16,19H,1H3,(H,17,18). The van der Waals surface area contributed by atoms with E-state index in [-0.39, 0.29) is 6.04 Å². The summed E-state index contributed by atoms with van der Waals surface area (Å²) in [4.78, 5) is 9.25. The Morgan fingerprint density at radius 1 is 0.947 bits per heavy atom. The normalized spacial score (nSPS) is 14.3. The lowest BCUT2D eigenvalue weighted by Crippen LogP contribution is -2.28. The van der Waals surface area contributed by atoms with Crippen molar-refractivity contribution in [3.8, 4) is 0 Å². The lowest BCUT2D eigenvalue weighted by molar-refractivity contribution is 0.467. The van der Waals surface area contributed by atoms with Crippen molar-refractivity contribution < 1.29 is 9.46 Å². The fraction of sp³-hybridized carbons (Fsp3) is 0.200. The van der Waals surface area contributed by atoms with Gasteiger partial charge in [0.2, 0.25) is 8.03 Å². The van der Waals surface area contributed by atoms with E-state index >= 15 is 0 Å². The van der Waals surface area contributed by atoms with Gasteiger partial charge >= 0.3 is 0 Å². The van der Waals surface area contributed by atoms with Crippen LogP contribution in [0.2, 0.25) is 0 Å². The summed E-state index contributed by atoms with van der Waals surface area (Å²) in [6.07, 6.45) is 0. The average Bonchev–Trinajstić information content (AvgIpc) is 2.46. The zero-order valence-corrected chi connectivity index (χ0v) is 11.8. The van der Waals surface area contributed by atoms with E-state index in [9.17, 15) is 9.46 Å². The quantitative estimate of drug-likeness (QED) is 0.824. The van der Waals surface area contributed by atoms with E-state index in [0.717, 1.165) is 11.1 Å². The van der Waals surface area contributed by atoms with Gasteiger partial charge in [-0.1, -0.05) is 60.7 Å². The summed E-state index contributed by atoms with van der Waals surface area (Å²) in [5.41, 5.74) is 2.17. The molecule has 0 fully saturated rings. The summed E-state index contributed by atoms with van der Waals surface area (Å²) in [5, 5.41) is 3.23. The molecule has 19 heavy (non-hydrogen) atoms. The van der Waals surface area contributed by atoms with Gasteiger partial charge in [0, 0.05) is 0 Å². The molecule has 0 aromatic heterocycles. The number of hydrogen-bond donors (Lipinski definition) is 2. The highest BCUT2D eigenvalue weighted by molar-refractivity contribution is 7.38. The van der Waals surface area contributed by atoms with Crippen LogP contribution in [-0.4, -0.2) is 10.7 Å². The predicted molar refractivity (Wildman–Crippen MR) is 78.5 cm³/mol. The third-order valence-corrected chi connectivity index (χ3v) is 3.96. The first-order valence-corrected chi connectivity index (χ1v) is 7.70. The van der Waals surface area contributed by atoms with Crippen LogP contribution >= 0.6 is 8.03 Å². The first-order valence-electron chi connectivity index (χ1n) is 6.27. The second-order valence-corrected chi connectivity index (χ2v) is 6.02. The SMILES string of the molecule is CC(NC(c1ccccc1)c1ccccc1)[PH](=O)O. The van der Waals surface area contributed by atoms with Crippen molar-refractivity contribution in [2.75, 3.05) is 0 Å². The van der Waals surface area contributed by atoms with Crippen LogP contribution in [0.15, 0.2) is 60.7 Å². The van der Waals surface area contributed by atoms with Crippen LogP contribution in [0.5, 0.6) is 0 Å². The Balaban J connectivity index is 2.32. The molecular weight excluding hydrogens is 257 g/mol. The molecule has 2 aromatic rings. The summed E-state index contributed by atoms with van der Waals surface area (Å²) in [5.74, 6) is -0.421. The van der Waals surface area contributed by atoms with Crippen LogP contribution in [0.3, 0.4) is 0 Å². The Labute approximate surface area is 114 Å². The Bertz CT molecular complexity index is 491. The number of rotatable bonds is 5. The molecule has 0 aliphatic rings. The van der Waals surface area contributed by atoms with Gasteiger partial charge in [-0.3, -0.25) is 9.88 Å². The minimum absolute atomic E-state index is 0.0708. The molecule has 100 valence electrons. The second-order valence-electron chi connectivity index (χ2n) is 4.48. The predicted octanol–water partition coefficient (Wildman–Crippen LogP) is 3.18. The lowest BCUT2D eigenvalue weighted by atomic mass is 9.99. The van der Waals surface area contributed by atoms with Crippen molar-refractivity contribution >= 4 is 8.03 Å². The highest BCUT2D eigenvalue weighted by atomic mass is 31.1. The molecule has 3 nitrogen and oxygen atoms in total. The van der Waals surface area contributed by atoms with E-state index in [4.69, 9.17) is 0 Å². The topological polar surface area (TPSA) is 49.3 Å². The smallest absolute Gasteiger partial charge is 0.205 e. The maximum atomic E-state index is 11.2. The number of hydrogen-bond acceptors (Lipinski definition) is 2. The lowest BCUT2D eigenvalue weighted by Gasteiger charge is -2.23. The van der Waals surface area contributed by atoms with E-state index in [1.807, 2.05) is 60.7 Å². The molecule has 2 rings (SSSR count). The van der Waals surface area contributed by atoms with E-state index in [2.05, 4.69) is 5.32 Å². The molecule has 2 aromatic carbocycles. The fourth-order valence-corrected chi connectivity index (χ4v) is 2.31. The molecule has 0 aliphatic heterocycles. The van der Waals surface area contributed by atoms with Crippen LogP contribution in [0.25, 0.3) is 0 Å². The Morgan fingerprint density at radius 3 is 1.74 bits per heavy atom. The molecule has 2 unspecified atom stereocenters. The van der Waals surface area contributed by atoms with Crippen molar-refractivity contribution in [1.29, 1.82) is 0 Å². The zero-order valence-electron chi connectivity index (χ0n) is 10.8. The summed E-state index contributed by atoms with van der Waals surface area (Å²) < 4.78 is 11.2. The van der Waals surface area contributed by atoms with Crippen molar-refractivity contribution in [3.05, 3.63) is 71.8 Å². The average molecular weight is 275 g/mol. The monoisotopic (exact) mass is 275 g/mol. The first kappa shape index (κ1) is 14.0. The van der Waals surface area contributed by atoms with Crippen LogP contribution in [0.1, 0.15) is 24.1 Å². The molecule has 2 N–H and O–H groups in total. The molecule has 0 amide bonds. The largest absolute Gasteiger partial charge is 0.345 e. The molecular formula is C15H18NO2P. The van der Waals surface area contributed by atoms with E-state index < -0.39 is 13.8 Å². The molecule has 4 heteroatoms. The van der Waals surface area contributed by atoms with Crippen LogP contribution in [0, 0.1) is 0 Å². The summed E-state index contributed by atoms with van der Waals surface area (Å²) in [6.45, 7) is 1.74. The van der Waals surface area contributed by atoms with Gasteiger partial charge in [-0.15, -0.1) is 0 Å². The molecule has 0 saturated carbocycles. The third-order valence-electron chi connectivity index (χ3n) is 3.05. The molecule has 0 spiro atoms. The van der Waals surface area contributed by atoms with Gasteiger partial charge in [-0.2, -0.15) is 0 Å². The molecule has 0 bridgehead atoms. The maximum Gasteiger partial charge on any atom is 0.205 e. The molecule has 0 radical (unpaired) electrons. The van der Waals surface area contributed by atoms with Gasteiger partial charge in [0.05, 0.1) is 11.8 Å². The van der Waals surface area contributed by atoms with Gasteiger partial charge in [-0.25, -0.2) is 0 Å². The van der Waals surface area contributed by atoms with Crippen molar-refractivity contribution in [2.45, 2.75) is 18.7 Å². The van der Waals surface area contributed by atoms with Crippen molar-refractivity contribution in [1.82, 2.24) is 5.32 Å². The molecule has 0 saturated heterocycles. The zero-order chi connectivity index (χ0) is 13.7. The summed E-state index contributed by atoms with van der Waals surface area (Å²) >= 11 is 0.